The van der Waals surface area contributed by atoms with Crippen molar-refractivity contribution in [3.8, 4) is 6.07 Å². The minimum atomic E-state index is -0.226. The van der Waals surface area contributed by atoms with Crippen LogP contribution < -0.4 is 0 Å². The lowest BCUT2D eigenvalue weighted by molar-refractivity contribution is 0.114. The van der Waals surface area contributed by atoms with Crippen LogP contribution in [0, 0.1) is 17.1 Å². The van der Waals surface area contributed by atoms with Gasteiger partial charge in [-0.25, -0.2) is 4.39 Å². The standard InChI is InChI=1S/C14H17BrFN3/c1-11(9-17)19-6-4-18(5-7-19)10-12-2-3-14(16)13(15)8-12/h2-3,8,11H,4-7,10H2,1H3. The van der Waals surface area contributed by atoms with E-state index >= 15 is 0 Å². The summed E-state index contributed by atoms with van der Waals surface area (Å²) in [6.45, 7) is 6.48. The zero-order chi connectivity index (χ0) is 13.8. The monoisotopic (exact) mass is 325 g/mol. The summed E-state index contributed by atoms with van der Waals surface area (Å²) in [6, 6.07) is 7.41. The molecule has 0 amide bonds. The van der Waals surface area contributed by atoms with Crippen molar-refractivity contribution in [1.82, 2.24) is 9.80 Å². The highest BCUT2D eigenvalue weighted by atomic mass is 79.9. The zero-order valence-corrected chi connectivity index (χ0v) is 12.5. The van der Waals surface area contributed by atoms with Gasteiger partial charge in [0.1, 0.15) is 5.82 Å². The fraction of sp³-hybridized carbons (Fsp3) is 0.500. The molecule has 1 fully saturated rings. The van der Waals surface area contributed by atoms with Gasteiger partial charge in [0.05, 0.1) is 16.6 Å². The maximum absolute atomic E-state index is 13.2. The molecule has 1 aliphatic rings. The van der Waals surface area contributed by atoms with Crippen molar-refractivity contribution in [1.29, 1.82) is 5.26 Å². The smallest absolute Gasteiger partial charge is 0.137 e. The van der Waals surface area contributed by atoms with Crippen LogP contribution >= 0.6 is 15.9 Å². The van der Waals surface area contributed by atoms with Crippen LogP contribution in [0.25, 0.3) is 0 Å². The highest BCUT2D eigenvalue weighted by Crippen LogP contribution is 2.18. The van der Waals surface area contributed by atoms with Crippen molar-refractivity contribution in [3.63, 3.8) is 0 Å². The average Bonchev–Trinajstić information content (AvgIpc) is 2.43. The SMILES string of the molecule is CC(C#N)N1CCN(Cc2ccc(F)c(Br)c2)CC1. The van der Waals surface area contributed by atoms with Gasteiger partial charge in [0.2, 0.25) is 0 Å². The van der Waals surface area contributed by atoms with E-state index in [9.17, 15) is 4.39 Å². The molecule has 0 radical (unpaired) electrons. The number of hydrogen-bond acceptors (Lipinski definition) is 3. The maximum atomic E-state index is 13.2. The van der Waals surface area contributed by atoms with E-state index in [-0.39, 0.29) is 11.9 Å². The van der Waals surface area contributed by atoms with Gasteiger partial charge in [-0.15, -0.1) is 0 Å². The number of piperazine rings is 1. The number of nitrogens with zero attached hydrogens (tertiary/aromatic N) is 3. The van der Waals surface area contributed by atoms with Gasteiger partial charge >= 0.3 is 0 Å². The second-order valence-corrected chi connectivity index (χ2v) is 5.72. The van der Waals surface area contributed by atoms with Gasteiger partial charge in [-0.05, 0) is 40.5 Å². The molecular formula is C14H17BrFN3. The molecule has 0 bridgehead atoms. The molecule has 0 saturated carbocycles. The van der Waals surface area contributed by atoms with E-state index in [4.69, 9.17) is 5.26 Å². The molecule has 0 aromatic heterocycles. The number of nitriles is 1. The van der Waals surface area contributed by atoms with Crippen LogP contribution in [-0.2, 0) is 6.54 Å². The summed E-state index contributed by atoms with van der Waals surface area (Å²) >= 11 is 3.21. The molecule has 1 saturated heterocycles. The van der Waals surface area contributed by atoms with Crippen molar-refractivity contribution in [2.24, 2.45) is 0 Å². The Morgan fingerprint density at radius 2 is 2.05 bits per heavy atom. The van der Waals surface area contributed by atoms with Gasteiger partial charge in [-0.1, -0.05) is 6.07 Å². The van der Waals surface area contributed by atoms with E-state index in [1.165, 1.54) is 6.07 Å². The molecule has 1 atom stereocenters. The van der Waals surface area contributed by atoms with E-state index < -0.39 is 0 Å². The second kappa shape index (κ2) is 6.47. The molecule has 0 spiro atoms. The first-order valence-electron chi connectivity index (χ1n) is 6.40. The fourth-order valence-electron chi connectivity index (χ4n) is 2.29. The average molecular weight is 326 g/mol. The van der Waals surface area contributed by atoms with Gasteiger partial charge in [0.15, 0.2) is 0 Å². The Bertz CT molecular complexity index is 478. The summed E-state index contributed by atoms with van der Waals surface area (Å²) in [5.74, 6) is -0.226. The first-order valence-corrected chi connectivity index (χ1v) is 7.19. The molecule has 1 aromatic rings. The molecule has 1 unspecified atom stereocenters. The highest BCUT2D eigenvalue weighted by molar-refractivity contribution is 9.10. The molecule has 1 heterocycles. The van der Waals surface area contributed by atoms with Crippen LogP contribution in [0.3, 0.4) is 0 Å². The molecule has 2 rings (SSSR count). The molecule has 3 nitrogen and oxygen atoms in total. The van der Waals surface area contributed by atoms with Gasteiger partial charge in [0, 0.05) is 32.7 Å². The van der Waals surface area contributed by atoms with Crippen LogP contribution in [0.4, 0.5) is 4.39 Å². The van der Waals surface area contributed by atoms with E-state index in [2.05, 4.69) is 31.8 Å². The summed E-state index contributed by atoms with van der Waals surface area (Å²) in [5.41, 5.74) is 1.11. The summed E-state index contributed by atoms with van der Waals surface area (Å²) in [4.78, 5) is 4.53. The van der Waals surface area contributed by atoms with Crippen LogP contribution in [0.1, 0.15) is 12.5 Å². The predicted molar refractivity (Wildman–Crippen MR) is 76.0 cm³/mol. The minimum absolute atomic E-state index is 0.0119. The third-order valence-electron chi connectivity index (χ3n) is 3.53. The Kier molecular flexibility index (Phi) is 4.92. The first-order chi connectivity index (χ1) is 9.10. The van der Waals surface area contributed by atoms with Gasteiger partial charge in [-0.3, -0.25) is 9.80 Å². The molecule has 1 aliphatic heterocycles. The van der Waals surface area contributed by atoms with E-state index in [0.717, 1.165) is 38.3 Å². The minimum Gasteiger partial charge on any atom is -0.297 e. The zero-order valence-electron chi connectivity index (χ0n) is 10.9. The van der Waals surface area contributed by atoms with Crippen molar-refractivity contribution in [3.05, 3.63) is 34.1 Å². The lowest BCUT2D eigenvalue weighted by Gasteiger charge is -2.35. The van der Waals surface area contributed by atoms with Crippen molar-refractivity contribution >= 4 is 15.9 Å². The summed E-state index contributed by atoms with van der Waals surface area (Å²) in [5, 5.41) is 8.90. The largest absolute Gasteiger partial charge is 0.297 e. The van der Waals surface area contributed by atoms with Crippen molar-refractivity contribution < 1.29 is 4.39 Å². The molecule has 19 heavy (non-hydrogen) atoms. The third kappa shape index (κ3) is 3.75. The van der Waals surface area contributed by atoms with Gasteiger partial charge in [-0.2, -0.15) is 5.26 Å². The van der Waals surface area contributed by atoms with Gasteiger partial charge in [0.25, 0.3) is 0 Å². The number of halogens is 2. The molecule has 1 aromatic carbocycles. The molecule has 102 valence electrons. The number of benzene rings is 1. The van der Waals surface area contributed by atoms with Crippen LogP contribution in [0.2, 0.25) is 0 Å². The Balaban J connectivity index is 1.89. The number of rotatable bonds is 3. The Morgan fingerprint density at radius 1 is 1.37 bits per heavy atom. The van der Waals surface area contributed by atoms with Crippen molar-refractivity contribution in [2.45, 2.75) is 19.5 Å². The fourth-order valence-corrected chi connectivity index (χ4v) is 2.71. The molecule has 5 heteroatoms. The quantitative estimate of drug-likeness (QED) is 0.855. The van der Waals surface area contributed by atoms with E-state index in [1.807, 2.05) is 19.1 Å². The van der Waals surface area contributed by atoms with Crippen LogP contribution in [0.15, 0.2) is 22.7 Å². The first kappa shape index (κ1) is 14.4. The summed E-state index contributed by atoms with van der Waals surface area (Å²) in [7, 11) is 0. The molecule has 0 aliphatic carbocycles. The molecular weight excluding hydrogens is 309 g/mol. The van der Waals surface area contributed by atoms with Crippen molar-refractivity contribution in [2.75, 3.05) is 26.2 Å². The third-order valence-corrected chi connectivity index (χ3v) is 4.14. The topological polar surface area (TPSA) is 30.3 Å². The van der Waals surface area contributed by atoms with E-state index in [1.54, 1.807) is 0 Å². The van der Waals surface area contributed by atoms with Crippen LogP contribution in [-0.4, -0.2) is 42.0 Å². The predicted octanol–water partition coefficient (Wildman–Crippen LogP) is 2.62. The maximum Gasteiger partial charge on any atom is 0.137 e. The Labute approximate surface area is 121 Å². The summed E-state index contributed by atoms with van der Waals surface area (Å²) in [6.07, 6.45) is 0. The normalized spacial score (nSPS) is 19.1. The Morgan fingerprint density at radius 3 is 2.63 bits per heavy atom. The molecule has 0 N–H and O–H groups in total. The lowest BCUT2D eigenvalue weighted by Crippen LogP contribution is -2.48. The van der Waals surface area contributed by atoms with Crippen LogP contribution in [0.5, 0.6) is 0 Å². The second-order valence-electron chi connectivity index (χ2n) is 4.87. The van der Waals surface area contributed by atoms with Gasteiger partial charge < -0.3 is 0 Å². The van der Waals surface area contributed by atoms with E-state index in [0.29, 0.717) is 4.47 Å². The summed E-state index contributed by atoms with van der Waals surface area (Å²) < 4.78 is 13.7. The number of hydrogen-bond donors (Lipinski definition) is 0. The Hall–Kier alpha value is -0.960. The highest BCUT2D eigenvalue weighted by Gasteiger charge is 2.20. The lowest BCUT2D eigenvalue weighted by atomic mass is 10.2.